The maximum absolute atomic E-state index is 12.8. The minimum atomic E-state index is -0.824. The summed E-state index contributed by atoms with van der Waals surface area (Å²) in [6, 6.07) is 3.54. The van der Waals surface area contributed by atoms with E-state index >= 15 is 0 Å². The Balaban J connectivity index is 1.39. The highest BCUT2D eigenvalue weighted by Crippen LogP contribution is 2.36. The number of thiophene rings is 1. The molecule has 28 heavy (non-hydrogen) atoms. The average Bonchev–Trinajstić information content (AvgIpc) is 3.34. The van der Waals surface area contributed by atoms with Crippen molar-refractivity contribution in [1.82, 2.24) is 15.2 Å². The molecule has 1 saturated carbocycles. The van der Waals surface area contributed by atoms with Gasteiger partial charge in [0.15, 0.2) is 5.13 Å². The lowest BCUT2D eigenvalue weighted by Gasteiger charge is -2.33. The van der Waals surface area contributed by atoms with Gasteiger partial charge in [0.25, 0.3) is 5.91 Å². The van der Waals surface area contributed by atoms with Gasteiger partial charge in [-0.25, -0.2) is 9.78 Å². The van der Waals surface area contributed by atoms with Crippen LogP contribution in [0.25, 0.3) is 10.6 Å². The summed E-state index contributed by atoms with van der Waals surface area (Å²) < 4.78 is 0. The van der Waals surface area contributed by atoms with Gasteiger partial charge in [0.1, 0.15) is 12.1 Å². The maximum atomic E-state index is 12.8. The topological polar surface area (TPSA) is 91.4 Å². The predicted molar refractivity (Wildman–Crippen MR) is 109 cm³/mol. The number of imide groups is 1. The molecule has 4 rings (SSSR count). The minimum absolute atomic E-state index is 0.284. The van der Waals surface area contributed by atoms with Gasteiger partial charge in [-0.3, -0.25) is 14.5 Å². The van der Waals surface area contributed by atoms with Gasteiger partial charge in [0, 0.05) is 10.3 Å². The van der Waals surface area contributed by atoms with Crippen LogP contribution in [0.3, 0.4) is 0 Å². The second-order valence-corrected chi connectivity index (χ2v) is 9.73. The molecular weight excluding hydrogens is 396 g/mol. The molecule has 2 aromatic heterocycles. The number of carbonyl (C=O) groups is 3. The fourth-order valence-electron chi connectivity index (χ4n) is 3.73. The number of hydrogen-bond donors (Lipinski definition) is 2. The summed E-state index contributed by atoms with van der Waals surface area (Å²) in [6.07, 6.45) is 3.06. The molecule has 2 N–H and O–H groups in total. The monoisotopic (exact) mass is 418 g/mol. The first-order chi connectivity index (χ1) is 13.4. The normalized spacial score (nSPS) is 24.6. The summed E-state index contributed by atoms with van der Waals surface area (Å²) in [5.41, 5.74) is -0.0152. The lowest BCUT2D eigenvalue weighted by molar-refractivity contribution is -0.135. The Morgan fingerprint density at radius 1 is 1.36 bits per heavy atom. The van der Waals surface area contributed by atoms with E-state index < -0.39 is 17.5 Å². The number of anilines is 1. The van der Waals surface area contributed by atoms with Gasteiger partial charge in [-0.05, 0) is 50.7 Å². The van der Waals surface area contributed by atoms with Crippen LogP contribution >= 0.6 is 22.7 Å². The number of aromatic nitrogens is 1. The Bertz CT molecular complexity index is 927. The molecule has 148 valence electrons. The molecule has 2 fully saturated rings. The lowest BCUT2D eigenvalue weighted by atomic mass is 9.77. The molecule has 0 unspecified atom stereocenters. The summed E-state index contributed by atoms with van der Waals surface area (Å²) >= 11 is 2.96. The number of rotatable bonds is 4. The summed E-state index contributed by atoms with van der Waals surface area (Å²) in [7, 11) is 0. The zero-order valence-electron chi connectivity index (χ0n) is 15.8. The fraction of sp³-hybridized carbons (Fsp3) is 0.474. The van der Waals surface area contributed by atoms with Crippen molar-refractivity contribution in [3.8, 4) is 10.6 Å². The molecule has 1 aliphatic heterocycles. The van der Waals surface area contributed by atoms with Crippen LogP contribution in [0.1, 0.15) is 37.5 Å². The summed E-state index contributed by atoms with van der Waals surface area (Å²) in [5.74, 6) is -0.152. The van der Waals surface area contributed by atoms with Crippen LogP contribution in [0, 0.1) is 12.8 Å². The summed E-state index contributed by atoms with van der Waals surface area (Å²) in [5, 5.41) is 7.88. The first-order valence-electron chi connectivity index (χ1n) is 9.32. The van der Waals surface area contributed by atoms with Crippen molar-refractivity contribution in [2.45, 2.75) is 45.1 Å². The molecule has 9 heteroatoms. The molecular formula is C19H22N4O3S2. The van der Waals surface area contributed by atoms with Gasteiger partial charge in [-0.1, -0.05) is 6.92 Å². The van der Waals surface area contributed by atoms with Crippen molar-refractivity contribution >= 4 is 45.7 Å². The highest BCUT2D eigenvalue weighted by Gasteiger charge is 2.52. The molecule has 1 aliphatic carbocycles. The number of amides is 4. The molecule has 2 aromatic rings. The number of hydrogen-bond acceptors (Lipinski definition) is 6. The highest BCUT2D eigenvalue weighted by atomic mass is 32.1. The SMILES string of the molecule is Cc1ccc(-c2csc(NC(=O)CN3C(=O)NC4(CCC(C)CC4)C3=O)n2)s1. The molecule has 0 radical (unpaired) electrons. The Kier molecular flexibility index (Phi) is 4.96. The van der Waals surface area contributed by atoms with E-state index in [1.165, 1.54) is 16.2 Å². The molecule has 2 aliphatic rings. The van der Waals surface area contributed by atoms with Gasteiger partial charge in [-0.15, -0.1) is 22.7 Å². The van der Waals surface area contributed by atoms with Crippen LogP contribution in [-0.4, -0.2) is 39.8 Å². The maximum Gasteiger partial charge on any atom is 0.325 e. The van der Waals surface area contributed by atoms with Crippen molar-refractivity contribution in [3.63, 3.8) is 0 Å². The number of nitrogens with one attached hydrogen (secondary N) is 2. The largest absolute Gasteiger partial charge is 0.325 e. The second-order valence-electron chi connectivity index (χ2n) is 7.58. The number of urea groups is 1. The Morgan fingerprint density at radius 2 is 2.11 bits per heavy atom. The number of nitrogens with zero attached hydrogens (tertiary/aromatic N) is 2. The molecule has 4 amide bonds. The van der Waals surface area contributed by atoms with Gasteiger partial charge < -0.3 is 10.6 Å². The van der Waals surface area contributed by atoms with Crippen LogP contribution in [0.4, 0.5) is 9.93 Å². The fourth-order valence-corrected chi connectivity index (χ4v) is 5.36. The van der Waals surface area contributed by atoms with Crippen molar-refractivity contribution in [2.24, 2.45) is 5.92 Å². The van der Waals surface area contributed by atoms with Crippen LogP contribution < -0.4 is 10.6 Å². The summed E-state index contributed by atoms with van der Waals surface area (Å²) in [6.45, 7) is 3.88. The molecule has 0 bridgehead atoms. The van der Waals surface area contributed by atoms with Crippen LogP contribution in [0.15, 0.2) is 17.5 Å². The first-order valence-corrected chi connectivity index (χ1v) is 11.0. The molecule has 0 atom stereocenters. The molecule has 7 nitrogen and oxygen atoms in total. The van der Waals surface area contributed by atoms with E-state index in [1.807, 2.05) is 24.4 Å². The quantitative estimate of drug-likeness (QED) is 0.742. The standard InChI is InChI=1S/C19H22N4O3S2/c1-11-5-7-19(8-6-11)16(25)23(18(26)22-19)9-15(24)21-17-20-13(10-27-17)14-4-3-12(2)28-14/h3-4,10-11H,5-9H2,1-2H3,(H,22,26)(H,20,21,24). The van der Waals surface area contributed by atoms with Gasteiger partial charge in [-0.2, -0.15) is 0 Å². The molecule has 0 aromatic carbocycles. The Hall–Kier alpha value is -2.26. The van der Waals surface area contributed by atoms with Gasteiger partial charge >= 0.3 is 6.03 Å². The smallest absolute Gasteiger partial charge is 0.323 e. The van der Waals surface area contributed by atoms with Crippen molar-refractivity contribution < 1.29 is 14.4 Å². The van der Waals surface area contributed by atoms with Gasteiger partial charge in [0.05, 0.1) is 10.6 Å². The van der Waals surface area contributed by atoms with Gasteiger partial charge in [0.2, 0.25) is 5.91 Å². The summed E-state index contributed by atoms with van der Waals surface area (Å²) in [4.78, 5) is 45.3. The number of carbonyl (C=O) groups excluding carboxylic acids is 3. The van der Waals surface area contributed by atoms with Crippen LogP contribution in [0.2, 0.25) is 0 Å². The van der Waals surface area contributed by atoms with E-state index in [2.05, 4.69) is 22.5 Å². The zero-order chi connectivity index (χ0) is 19.9. The van der Waals surface area contributed by atoms with Crippen LogP contribution in [-0.2, 0) is 9.59 Å². The van der Waals surface area contributed by atoms with Crippen molar-refractivity contribution in [2.75, 3.05) is 11.9 Å². The Morgan fingerprint density at radius 3 is 2.79 bits per heavy atom. The molecule has 1 spiro atoms. The van der Waals surface area contributed by atoms with E-state index in [-0.39, 0.29) is 12.5 Å². The van der Waals surface area contributed by atoms with E-state index in [4.69, 9.17) is 0 Å². The third-order valence-electron chi connectivity index (χ3n) is 5.42. The number of thiazole rings is 1. The molecule has 1 saturated heterocycles. The highest BCUT2D eigenvalue weighted by molar-refractivity contribution is 7.17. The average molecular weight is 419 g/mol. The van der Waals surface area contributed by atoms with Crippen molar-refractivity contribution in [1.29, 1.82) is 0 Å². The second kappa shape index (κ2) is 7.29. The van der Waals surface area contributed by atoms with Crippen LogP contribution in [0.5, 0.6) is 0 Å². The van der Waals surface area contributed by atoms with Crippen molar-refractivity contribution in [3.05, 3.63) is 22.4 Å². The lowest BCUT2D eigenvalue weighted by Crippen LogP contribution is -2.49. The molecule has 3 heterocycles. The van der Waals surface area contributed by atoms with E-state index in [9.17, 15) is 14.4 Å². The Labute approximate surface area is 171 Å². The van der Waals surface area contributed by atoms with E-state index in [0.29, 0.717) is 23.9 Å². The van der Waals surface area contributed by atoms with E-state index in [1.54, 1.807) is 11.3 Å². The number of aryl methyl sites for hydroxylation is 1. The third-order valence-corrected chi connectivity index (χ3v) is 7.20. The predicted octanol–water partition coefficient (Wildman–Crippen LogP) is 3.62. The zero-order valence-corrected chi connectivity index (χ0v) is 17.4. The minimum Gasteiger partial charge on any atom is -0.323 e. The van der Waals surface area contributed by atoms with E-state index in [0.717, 1.165) is 28.3 Å². The third kappa shape index (κ3) is 3.56. The first kappa shape index (κ1) is 19.1.